The summed E-state index contributed by atoms with van der Waals surface area (Å²) in [7, 11) is 0. The Bertz CT molecular complexity index is 841. The molecule has 106 valence electrons. The third-order valence-corrected chi connectivity index (χ3v) is 3.19. The zero-order valence-electron chi connectivity index (χ0n) is 11.0. The summed E-state index contributed by atoms with van der Waals surface area (Å²) in [5, 5.41) is 10.0. The maximum absolute atomic E-state index is 11.2. The lowest BCUT2D eigenvalue weighted by Crippen LogP contribution is -1.96. The number of ether oxygens (including phenoxy) is 1. The number of rotatable bonds is 3. The van der Waals surface area contributed by atoms with Gasteiger partial charge in [0, 0.05) is 23.7 Å². The standard InChI is InChI=1S/C15H10ClNO4/c1-8-14(15(18)19)11-3-2-9(6-12(11)20-8)21-10-4-5-17-13(16)7-10/h2-7H,1H3,(H,18,19). The number of carboxylic acid groups (broad SMARTS) is 1. The van der Waals surface area contributed by atoms with Crippen LogP contribution in [-0.4, -0.2) is 16.1 Å². The Morgan fingerprint density at radius 3 is 2.76 bits per heavy atom. The second kappa shape index (κ2) is 5.10. The second-order valence-corrected chi connectivity index (χ2v) is 4.80. The summed E-state index contributed by atoms with van der Waals surface area (Å²) in [5.74, 6) is 0.411. The molecule has 5 nitrogen and oxygen atoms in total. The molecule has 2 aromatic heterocycles. The van der Waals surface area contributed by atoms with Crippen molar-refractivity contribution < 1.29 is 19.1 Å². The smallest absolute Gasteiger partial charge is 0.339 e. The number of carboxylic acids is 1. The van der Waals surface area contributed by atoms with E-state index in [4.69, 9.17) is 20.8 Å². The van der Waals surface area contributed by atoms with E-state index in [2.05, 4.69) is 4.98 Å². The van der Waals surface area contributed by atoms with Crippen LogP contribution in [0.25, 0.3) is 11.0 Å². The minimum absolute atomic E-state index is 0.170. The van der Waals surface area contributed by atoms with Crippen LogP contribution >= 0.6 is 11.6 Å². The number of furan rings is 1. The van der Waals surface area contributed by atoms with Crippen molar-refractivity contribution in [3.63, 3.8) is 0 Å². The number of hydrogen-bond donors (Lipinski definition) is 1. The predicted molar refractivity (Wildman–Crippen MR) is 77.2 cm³/mol. The molecule has 1 aromatic carbocycles. The van der Waals surface area contributed by atoms with Gasteiger partial charge in [-0.3, -0.25) is 0 Å². The number of aryl methyl sites for hydroxylation is 1. The quantitative estimate of drug-likeness (QED) is 0.731. The van der Waals surface area contributed by atoms with Crippen molar-refractivity contribution in [2.75, 3.05) is 0 Å². The maximum atomic E-state index is 11.2. The van der Waals surface area contributed by atoms with E-state index in [-0.39, 0.29) is 5.56 Å². The Balaban J connectivity index is 2.00. The van der Waals surface area contributed by atoms with Crippen molar-refractivity contribution in [2.24, 2.45) is 0 Å². The zero-order valence-corrected chi connectivity index (χ0v) is 11.7. The van der Waals surface area contributed by atoms with Crippen LogP contribution in [0.2, 0.25) is 5.15 Å². The third kappa shape index (κ3) is 2.55. The first-order valence-corrected chi connectivity index (χ1v) is 6.48. The highest BCUT2D eigenvalue weighted by Gasteiger charge is 2.17. The third-order valence-electron chi connectivity index (χ3n) is 2.99. The number of benzene rings is 1. The monoisotopic (exact) mass is 303 g/mol. The number of hydrogen-bond acceptors (Lipinski definition) is 4. The molecule has 1 N–H and O–H groups in total. The molecule has 0 bridgehead atoms. The summed E-state index contributed by atoms with van der Waals surface area (Å²) in [6.07, 6.45) is 1.54. The second-order valence-electron chi connectivity index (χ2n) is 4.41. The van der Waals surface area contributed by atoms with Crippen molar-refractivity contribution in [2.45, 2.75) is 6.92 Å². The molecule has 0 saturated heterocycles. The lowest BCUT2D eigenvalue weighted by atomic mass is 10.1. The lowest BCUT2D eigenvalue weighted by molar-refractivity contribution is 0.0697. The molecule has 0 unspecified atom stereocenters. The maximum Gasteiger partial charge on any atom is 0.339 e. The Kier molecular flexibility index (Phi) is 3.27. The molecule has 0 radical (unpaired) electrons. The molecule has 0 atom stereocenters. The van der Waals surface area contributed by atoms with Crippen molar-refractivity contribution >= 4 is 28.5 Å². The highest BCUT2D eigenvalue weighted by Crippen LogP contribution is 2.31. The molecular weight excluding hydrogens is 294 g/mol. The summed E-state index contributed by atoms with van der Waals surface area (Å²) in [6.45, 7) is 1.62. The van der Waals surface area contributed by atoms with E-state index < -0.39 is 5.97 Å². The largest absolute Gasteiger partial charge is 0.478 e. The number of carbonyl (C=O) groups is 1. The van der Waals surface area contributed by atoms with Gasteiger partial charge in [-0.05, 0) is 25.1 Å². The van der Waals surface area contributed by atoms with Crippen molar-refractivity contribution in [1.29, 1.82) is 0 Å². The minimum Gasteiger partial charge on any atom is -0.478 e. The van der Waals surface area contributed by atoms with Gasteiger partial charge in [-0.1, -0.05) is 11.6 Å². The number of fused-ring (bicyclic) bond motifs is 1. The molecule has 0 aliphatic carbocycles. The molecule has 3 rings (SSSR count). The molecule has 0 fully saturated rings. The van der Waals surface area contributed by atoms with Gasteiger partial charge in [-0.2, -0.15) is 0 Å². The van der Waals surface area contributed by atoms with Crippen LogP contribution in [-0.2, 0) is 0 Å². The van der Waals surface area contributed by atoms with Crippen molar-refractivity contribution in [1.82, 2.24) is 4.98 Å². The highest BCUT2D eigenvalue weighted by atomic mass is 35.5. The van der Waals surface area contributed by atoms with Gasteiger partial charge in [0.1, 0.15) is 33.6 Å². The lowest BCUT2D eigenvalue weighted by Gasteiger charge is -2.05. The fraction of sp³-hybridized carbons (Fsp3) is 0.0667. The number of nitrogens with zero attached hydrogens (tertiary/aromatic N) is 1. The molecule has 0 amide bonds. The number of aromatic nitrogens is 1. The van der Waals surface area contributed by atoms with Crippen LogP contribution in [0.1, 0.15) is 16.1 Å². The highest BCUT2D eigenvalue weighted by molar-refractivity contribution is 6.29. The van der Waals surface area contributed by atoms with E-state index in [0.29, 0.717) is 33.4 Å². The predicted octanol–water partition coefficient (Wildman–Crippen LogP) is 4.28. The topological polar surface area (TPSA) is 72.6 Å². The van der Waals surface area contributed by atoms with E-state index >= 15 is 0 Å². The number of aromatic carboxylic acids is 1. The minimum atomic E-state index is -1.01. The summed E-state index contributed by atoms with van der Waals surface area (Å²) in [5.41, 5.74) is 0.631. The molecule has 3 aromatic rings. The van der Waals surface area contributed by atoms with Gasteiger partial charge in [-0.25, -0.2) is 9.78 Å². The fourth-order valence-corrected chi connectivity index (χ4v) is 2.28. The van der Waals surface area contributed by atoms with E-state index in [1.54, 1.807) is 37.3 Å². The molecule has 21 heavy (non-hydrogen) atoms. The van der Waals surface area contributed by atoms with E-state index in [0.717, 1.165) is 0 Å². The summed E-state index contributed by atoms with van der Waals surface area (Å²) < 4.78 is 11.1. The molecule has 0 aliphatic rings. The number of pyridine rings is 1. The Morgan fingerprint density at radius 2 is 2.05 bits per heavy atom. The van der Waals surface area contributed by atoms with Gasteiger partial charge < -0.3 is 14.3 Å². The van der Waals surface area contributed by atoms with Gasteiger partial charge in [0.25, 0.3) is 0 Å². The molecular formula is C15H10ClNO4. The van der Waals surface area contributed by atoms with Gasteiger partial charge in [0.15, 0.2) is 0 Å². The zero-order chi connectivity index (χ0) is 15.0. The van der Waals surface area contributed by atoms with E-state index in [9.17, 15) is 9.90 Å². The molecule has 0 spiro atoms. The van der Waals surface area contributed by atoms with Crippen LogP contribution in [0.4, 0.5) is 0 Å². The van der Waals surface area contributed by atoms with Crippen LogP contribution in [0, 0.1) is 6.92 Å². The van der Waals surface area contributed by atoms with Crippen molar-refractivity contribution in [3.8, 4) is 11.5 Å². The van der Waals surface area contributed by atoms with E-state index in [1.807, 2.05) is 0 Å². The van der Waals surface area contributed by atoms with E-state index in [1.165, 1.54) is 6.20 Å². The average Bonchev–Trinajstić information content (AvgIpc) is 2.74. The van der Waals surface area contributed by atoms with Crippen LogP contribution in [0.5, 0.6) is 11.5 Å². The van der Waals surface area contributed by atoms with Crippen LogP contribution in [0.3, 0.4) is 0 Å². The first kappa shape index (κ1) is 13.5. The summed E-state index contributed by atoms with van der Waals surface area (Å²) in [6, 6.07) is 8.24. The molecule has 6 heteroatoms. The number of halogens is 1. The van der Waals surface area contributed by atoms with Gasteiger partial charge >= 0.3 is 5.97 Å². The van der Waals surface area contributed by atoms with Crippen LogP contribution < -0.4 is 4.74 Å². The average molecular weight is 304 g/mol. The van der Waals surface area contributed by atoms with Crippen LogP contribution in [0.15, 0.2) is 40.9 Å². The summed E-state index contributed by atoms with van der Waals surface area (Å²) >= 11 is 5.79. The SMILES string of the molecule is Cc1oc2cc(Oc3ccnc(Cl)c3)ccc2c1C(=O)O. The first-order valence-electron chi connectivity index (χ1n) is 6.10. The molecule has 2 heterocycles. The molecule has 0 aliphatic heterocycles. The Morgan fingerprint density at radius 1 is 1.29 bits per heavy atom. The Hall–Kier alpha value is -2.53. The normalized spacial score (nSPS) is 10.8. The van der Waals surface area contributed by atoms with Gasteiger partial charge in [-0.15, -0.1) is 0 Å². The van der Waals surface area contributed by atoms with Crippen molar-refractivity contribution in [3.05, 3.63) is 53.0 Å². The summed E-state index contributed by atoms with van der Waals surface area (Å²) in [4.78, 5) is 15.1. The Labute approximate surface area is 124 Å². The molecule has 0 saturated carbocycles. The fourth-order valence-electron chi connectivity index (χ4n) is 2.11. The van der Waals surface area contributed by atoms with Gasteiger partial charge in [0.05, 0.1) is 0 Å². The van der Waals surface area contributed by atoms with Gasteiger partial charge in [0.2, 0.25) is 0 Å². The first-order chi connectivity index (χ1) is 10.0.